The van der Waals surface area contributed by atoms with Gasteiger partial charge in [-0.1, -0.05) is 48.0 Å². The monoisotopic (exact) mass is 346 g/mol. The van der Waals surface area contributed by atoms with Crippen LogP contribution in [0.4, 0.5) is 0 Å². The number of pyridine rings is 1. The van der Waals surface area contributed by atoms with Crippen molar-refractivity contribution in [1.82, 2.24) is 10.3 Å². The van der Waals surface area contributed by atoms with E-state index in [1.54, 1.807) is 0 Å². The predicted molar refractivity (Wildman–Crippen MR) is 92.5 cm³/mol. The Balaban J connectivity index is 2.23. The van der Waals surface area contributed by atoms with Crippen LogP contribution in [0.2, 0.25) is 0 Å². The highest BCUT2D eigenvalue weighted by Crippen LogP contribution is 2.21. The third-order valence-electron chi connectivity index (χ3n) is 3.63. The number of aryl methyl sites for hydroxylation is 1. The molecule has 1 atom stereocenters. The summed E-state index contributed by atoms with van der Waals surface area (Å²) in [6.07, 6.45) is 5.02. The first-order valence-electron chi connectivity index (χ1n) is 7.66. The molecule has 1 aromatic heterocycles. The zero-order chi connectivity index (χ0) is 15.1. The zero-order valence-electron chi connectivity index (χ0n) is 12.8. The highest BCUT2D eigenvalue weighted by molar-refractivity contribution is 9.10. The summed E-state index contributed by atoms with van der Waals surface area (Å²) in [7, 11) is 0. The fourth-order valence-electron chi connectivity index (χ4n) is 2.50. The molecule has 0 aliphatic carbocycles. The van der Waals surface area contributed by atoms with Crippen LogP contribution in [0.5, 0.6) is 0 Å². The van der Waals surface area contributed by atoms with Crippen LogP contribution >= 0.6 is 15.9 Å². The number of nitrogens with zero attached hydrogens (tertiary/aromatic N) is 1. The normalized spacial score (nSPS) is 12.3. The summed E-state index contributed by atoms with van der Waals surface area (Å²) in [5.41, 5.74) is 3.86. The van der Waals surface area contributed by atoms with E-state index in [2.05, 4.69) is 70.4 Å². The number of nitrogens with one attached hydrogen (secondary N) is 1. The van der Waals surface area contributed by atoms with Gasteiger partial charge >= 0.3 is 0 Å². The molecule has 2 aromatic rings. The van der Waals surface area contributed by atoms with Gasteiger partial charge in [-0.15, -0.1) is 0 Å². The van der Waals surface area contributed by atoms with Crippen molar-refractivity contribution in [2.45, 2.75) is 39.2 Å². The minimum absolute atomic E-state index is 0.280. The van der Waals surface area contributed by atoms with E-state index in [1.165, 1.54) is 16.8 Å². The Morgan fingerprint density at radius 1 is 1.14 bits per heavy atom. The molecular formula is C18H23BrN2. The SMILES string of the molecule is CCCNC(Cc1ccc(Br)cc1)c1ncccc1CC. The summed E-state index contributed by atoms with van der Waals surface area (Å²) in [6.45, 7) is 5.40. The van der Waals surface area contributed by atoms with Gasteiger partial charge in [0.05, 0.1) is 11.7 Å². The summed E-state index contributed by atoms with van der Waals surface area (Å²) in [4.78, 5) is 4.64. The van der Waals surface area contributed by atoms with Gasteiger partial charge in [-0.05, 0) is 55.1 Å². The van der Waals surface area contributed by atoms with Gasteiger partial charge in [0, 0.05) is 10.7 Å². The van der Waals surface area contributed by atoms with Gasteiger partial charge < -0.3 is 5.32 Å². The second kappa shape index (κ2) is 8.30. The van der Waals surface area contributed by atoms with Crippen molar-refractivity contribution < 1.29 is 0 Å². The maximum atomic E-state index is 4.64. The first-order chi connectivity index (χ1) is 10.2. The number of hydrogen-bond acceptors (Lipinski definition) is 2. The average Bonchev–Trinajstić information content (AvgIpc) is 2.53. The van der Waals surface area contributed by atoms with E-state index < -0.39 is 0 Å². The molecule has 1 unspecified atom stereocenters. The highest BCUT2D eigenvalue weighted by atomic mass is 79.9. The van der Waals surface area contributed by atoms with Gasteiger partial charge in [-0.25, -0.2) is 0 Å². The molecule has 21 heavy (non-hydrogen) atoms. The van der Waals surface area contributed by atoms with Crippen LogP contribution < -0.4 is 5.32 Å². The topological polar surface area (TPSA) is 24.9 Å². The average molecular weight is 347 g/mol. The van der Waals surface area contributed by atoms with E-state index >= 15 is 0 Å². The van der Waals surface area contributed by atoms with E-state index in [4.69, 9.17) is 0 Å². The molecule has 2 rings (SSSR count). The molecule has 3 heteroatoms. The van der Waals surface area contributed by atoms with Crippen LogP contribution in [0.15, 0.2) is 47.1 Å². The lowest BCUT2D eigenvalue weighted by atomic mass is 9.98. The van der Waals surface area contributed by atoms with E-state index in [0.717, 1.165) is 30.3 Å². The lowest BCUT2D eigenvalue weighted by Gasteiger charge is -2.20. The molecule has 0 spiro atoms. The predicted octanol–water partition coefficient (Wildman–Crippen LogP) is 4.69. The number of benzene rings is 1. The molecule has 0 bridgehead atoms. The molecule has 0 aliphatic heterocycles. The highest BCUT2D eigenvalue weighted by Gasteiger charge is 2.16. The standard InChI is InChI=1S/C18H23BrN2/c1-3-11-20-17(13-14-7-9-16(19)10-8-14)18-15(4-2)6-5-12-21-18/h5-10,12,17,20H,3-4,11,13H2,1-2H3. The molecule has 0 radical (unpaired) electrons. The second-order valence-electron chi connectivity index (χ2n) is 5.24. The summed E-state index contributed by atoms with van der Waals surface area (Å²) < 4.78 is 1.12. The molecule has 0 saturated carbocycles. The van der Waals surface area contributed by atoms with Crippen molar-refractivity contribution in [3.63, 3.8) is 0 Å². The Labute approximate surface area is 136 Å². The number of rotatable bonds is 7. The number of hydrogen-bond donors (Lipinski definition) is 1. The van der Waals surface area contributed by atoms with Gasteiger partial charge in [-0.2, -0.15) is 0 Å². The van der Waals surface area contributed by atoms with Crippen LogP contribution in [0.1, 0.15) is 43.1 Å². The van der Waals surface area contributed by atoms with Crippen LogP contribution in [0.3, 0.4) is 0 Å². The molecule has 0 fully saturated rings. The lowest BCUT2D eigenvalue weighted by Crippen LogP contribution is -2.26. The fourth-order valence-corrected chi connectivity index (χ4v) is 2.77. The van der Waals surface area contributed by atoms with Crippen LogP contribution in [-0.4, -0.2) is 11.5 Å². The molecular weight excluding hydrogens is 324 g/mol. The molecule has 0 saturated heterocycles. The van der Waals surface area contributed by atoms with Gasteiger partial charge in [-0.3, -0.25) is 4.98 Å². The summed E-state index contributed by atoms with van der Waals surface area (Å²) in [5, 5.41) is 3.65. The Hall–Kier alpha value is -1.19. The fraction of sp³-hybridized carbons (Fsp3) is 0.389. The largest absolute Gasteiger partial charge is 0.308 e. The van der Waals surface area contributed by atoms with Crippen LogP contribution in [-0.2, 0) is 12.8 Å². The Morgan fingerprint density at radius 3 is 2.57 bits per heavy atom. The molecule has 2 nitrogen and oxygen atoms in total. The Kier molecular flexibility index (Phi) is 6.40. The maximum Gasteiger partial charge on any atom is 0.0608 e. The van der Waals surface area contributed by atoms with Crippen LogP contribution in [0.25, 0.3) is 0 Å². The van der Waals surface area contributed by atoms with E-state index in [1.807, 2.05) is 12.3 Å². The Bertz CT molecular complexity index is 551. The minimum atomic E-state index is 0.280. The summed E-state index contributed by atoms with van der Waals surface area (Å²) in [6, 6.07) is 13.1. The molecule has 1 aromatic carbocycles. The molecule has 1 N–H and O–H groups in total. The Morgan fingerprint density at radius 2 is 1.90 bits per heavy atom. The van der Waals surface area contributed by atoms with Crippen molar-refractivity contribution in [3.05, 3.63) is 63.9 Å². The first-order valence-corrected chi connectivity index (χ1v) is 8.45. The van der Waals surface area contributed by atoms with Gasteiger partial charge in [0.15, 0.2) is 0 Å². The molecule has 0 aliphatic rings. The van der Waals surface area contributed by atoms with Crippen molar-refractivity contribution >= 4 is 15.9 Å². The maximum absolute atomic E-state index is 4.64. The van der Waals surface area contributed by atoms with Crippen molar-refractivity contribution in [1.29, 1.82) is 0 Å². The second-order valence-corrected chi connectivity index (χ2v) is 6.15. The number of halogens is 1. The van der Waals surface area contributed by atoms with E-state index in [9.17, 15) is 0 Å². The smallest absolute Gasteiger partial charge is 0.0608 e. The van der Waals surface area contributed by atoms with Gasteiger partial charge in [0.25, 0.3) is 0 Å². The zero-order valence-corrected chi connectivity index (χ0v) is 14.4. The summed E-state index contributed by atoms with van der Waals surface area (Å²) in [5.74, 6) is 0. The number of aromatic nitrogens is 1. The van der Waals surface area contributed by atoms with E-state index in [0.29, 0.717) is 0 Å². The van der Waals surface area contributed by atoms with Crippen molar-refractivity contribution in [2.24, 2.45) is 0 Å². The molecule has 0 amide bonds. The molecule has 112 valence electrons. The first kappa shape index (κ1) is 16.2. The van der Waals surface area contributed by atoms with Crippen LogP contribution in [0, 0.1) is 0 Å². The van der Waals surface area contributed by atoms with Gasteiger partial charge in [0.2, 0.25) is 0 Å². The third kappa shape index (κ3) is 4.65. The molecule has 1 heterocycles. The minimum Gasteiger partial charge on any atom is -0.308 e. The summed E-state index contributed by atoms with van der Waals surface area (Å²) >= 11 is 3.49. The lowest BCUT2D eigenvalue weighted by molar-refractivity contribution is 0.514. The quantitative estimate of drug-likeness (QED) is 0.786. The van der Waals surface area contributed by atoms with E-state index in [-0.39, 0.29) is 6.04 Å². The van der Waals surface area contributed by atoms with Gasteiger partial charge in [0.1, 0.15) is 0 Å². The van der Waals surface area contributed by atoms with Crippen molar-refractivity contribution in [2.75, 3.05) is 6.54 Å². The third-order valence-corrected chi connectivity index (χ3v) is 4.16. The van der Waals surface area contributed by atoms with Crippen molar-refractivity contribution in [3.8, 4) is 0 Å².